The van der Waals surface area contributed by atoms with Crippen LogP contribution in [0.1, 0.15) is 32.3 Å². The molecular formula is C13H19BrN2O. The highest BCUT2D eigenvalue weighted by atomic mass is 79.9. The Kier molecular flexibility index (Phi) is 5.15. The normalized spacial score (nSPS) is 14.1. The van der Waals surface area contributed by atoms with Crippen LogP contribution in [0.4, 0.5) is 0 Å². The maximum absolute atomic E-state index is 11.9. The number of nitrogens with two attached hydrogens (primary N) is 1. The fourth-order valence-electron chi connectivity index (χ4n) is 1.65. The topological polar surface area (TPSA) is 55.1 Å². The van der Waals surface area contributed by atoms with Gasteiger partial charge in [0.1, 0.15) is 0 Å². The Morgan fingerprint density at radius 3 is 2.71 bits per heavy atom. The Hall–Kier alpha value is -0.870. The van der Waals surface area contributed by atoms with Gasteiger partial charge in [-0.2, -0.15) is 0 Å². The molecule has 1 unspecified atom stereocenters. The van der Waals surface area contributed by atoms with E-state index in [1.165, 1.54) is 0 Å². The van der Waals surface area contributed by atoms with E-state index in [0.29, 0.717) is 13.0 Å². The lowest BCUT2D eigenvalue weighted by molar-refractivity contribution is -0.126. The van der Waals surface area contributed by atoms with Crippen LogP contribution in [0.25, 0.3) is 0 Å². The summed E-state index contributed by atoms with van der Waals surface area (Å²) in [4.78, 5) is 11.9. The number of halogens is 1. The number of hydrogen-bond acceptors (Lipinski definition) is 2. The van der Waals surface area contributed by atoms with E-state index in [1.807, 2.05) is 31.2 Å². The Bertz CT molecular complexity index is 391. The lowest BCUT2D eigenvalue weighted by Crippen LogP contribution is -2.51. The molecule has 0 saturated carbocycles. The zero-order valence-corrected chi connectivity index (χ0v) is 11.9. The molecule has 1 atom stereocenters. The van der Waals surface area contributed by atoms with Gasteiger partial charge in [-0.1, -0.05) is 47.5 Å². The largest absolute Gasteiger partial charge is 0.350 e. The van der Waals surface area contributed by atoms with Crippen LogP contribution in [0.5, 0.6) is 0 Å². The highest BCUT2D eigenvalue weighted by molar-refractivity contribution is 9.10. The van der Waals surface area contributed by atoms with Crippen LogP contribution in [0, 0.1) is 0 Å². The minimum atomic E-state index is -0.782. The third kappa shape index (κ3) is 4.13. The predicted molar refractivity (Wildman–Crippen MR) is 73.5 cm³/mol. The minimum Gasteiger partial charge on any atom is -0.350 e. The maximum Gasteiger partial charge on any atom is 0.240 e. The molecule has 0 aliphatic heterocycles. The molecule has 1 aromatic rings. The Morgan fingerprint density at radius 1 is 1.47 bits per heavy atom. The molecule has 0 aliphatic rings. The first-order valence-corrected chi connectivity index (χ1v) is 6.57. The molecule has 3 N–H and O–H groups in total. The summed E-state index contributed by atoms with van der Waals surface area (Å²) < 4.78 is 0.995. The van der Waals surface area contributed by atoms with Gasteiger partial charge in [0.15, 0.2) is 0 Å². The lowest BCUT2D eigenvalue weighted by atomic mass is 9.96. The number of carbonyl (C=O) groups is 1. The van der Waals surface area contributed by atoms with Crippen molar-refractivity contribution in [2.75, 3.05) is 0 Å². The lowest BCUT2D eigenvalue weighted by Gasteiger charge is -2.23. The van der Waals surface area contributed by atoms with Gasteiger partial charge < -0.3 is 11.1 Å². The summed E-state index contributed by atoms with van der Waals surface area (Å²) in [6, 6.07) is 7.81. The van der Waals surface area contributed by atoms with Gasteiger partial charge in [0, 0.05) is 11.0 Å². The van der Waals surface area contributed by atoms with Crippen LogP contribution >= 0.6 is 15.9 Å². The van der Waals surface area contributed by atoms with Gasteiger partial charge in [-0.05, 0) is 25.0 Å². The first-order chi connectivity index (χ1) is 7.97. The molecule has 1 amide bonds. The van der Waals surface area contributed by atoms with Gasteiger partial charge in [-0.25, -0.2) is 0 Å². The number of carbonyl (C=O) groups excluding carboxylic acids is 1. The second-order valence-electron chi connectivity index (χ2n) is 4.44. The van der Waals surface area contributed by atoms with Gasteiger partial charge >= 0.3 is 0 Å². The average Bonchev–Trinajstić information content (AvgIpc) is 2.27. The van der Waals surface area contributed by atoms with E-state index in [2.05, 4.69) is 21.2 Å². The smallest absolute Gasteiger partial charge is 0.240 e. The number of benzene rings is 1. The molecule has 17 heavy (non-hydrogen) atoms. The van der Waals surface area contributed by atoms with Gasteiger partial charge in [0.25, 0.3) is 0 Å². The van der Waals surface area contributed by atoms with E-state index < -0.39 is 5.54 Å². The first kappa shape index (κ1) is 14.2. The third-order valence-electron chi connectivity index (χ3n) is 2.69. The number of amides is 1. The molecule has 0 aliphatic carbocycles. The van der Waals surface area contributed by atoms with Gasteiger partial charge in [0.2, 0.25) is 5.91 Å². The first-order valence-electron chi connectivity index (χ1n) is 5.78. The van der Waals surface area contributed by atoms with Gasteiger partial charge in [-0.3, -0.25) is 4.79 Å². The quantitative estimate of drug-likeness (QED) is 0.878. The molecule has 0 spiro atoms. The summed E-state index contributed by atoms with van der Waals surface area (Å²) in [5.74, 6) is -0.102. The van der Waals surface area contributed by atoms with Crippen molar-refractivity contribution in [1.82, 2.24) is 5.32 Å². The van der Waals surface area contributed by atoms with Crippen molar-refractivity contribution in [2.24, 2.45) is 5.73 Å². The second-order valence-corrected chi connectivity index (χ2v) is 5.30. The van der Waals surface area contributed by atoms with Crippen LogP contribution in [0.15, 0.2) is 28.7 Å². The number of hydrogen-bond donors (Lipinski definition) is 2. The molecule has 3 nitrogen and oxygen atoms in total. The van der Waals surface area contributed by atoms with Crippen molar-refractivity contribution in [1.29, 1.82) is 0 Å². The second kappa shape index (κ2) is 6.17. The SMILES string of the molecule is CCCC(C)(N)C(=O)NCc1ccccc1Br. The Balaban J connectivity index is 2.57. The van der Waals surface area contributed by atoms with Crippen molar-refractivity contribution in [3.05, 3.63) is 34.3 Å². The van der Waals surface area contributed by atoms with E-state index in [1.54, 1.807) is 6.92 Å². The van der Waals surface area contributed by atoms with E-state index >= 15 is 0 Å². The summed E-state index contributed by atoms with van der Waals surface area (Å²) in [5, 5.41) is 2.87. The summed E-state index contributed by atoms with van der Waals surface area (Å²) >= 11 is 3.45. The van der Waals surface area contributed by atoms with Crippen molar-refractivity contribution < 1.29 is 4.79 Å². The molecule has 1 rings (SSSR count). The van der Waals surface area contributed by atoms with Gasteiger partial charge in [-0.15, -0.1) is 0 Å². The van der Waals surface area contributed by atoms with Crippen molar-refractivity contribution in [3.63, 3.8) is 0 Å². The molecule has 0 bridgehead atoms. The summed E-state index contributed by atoms with van der Waals surface area (Å²) in [6.45, 7) is 4.29. The van der Waals surface area contributed by atoms with Crippen LogP contribution in [0.3, 0.4) is 0 Å². The van der Waals surface area contributed by atoms with E-state index in [-0.39, 0.29) is 5.91 Å². The predicted octanol–water partition coefficient (Wildman–Crippen LogP) is 2.58. The summed E-state index contributed by atoms with van der Waals surface area (Å²) in [5.41, 5.74) is 6.22. The fourth-order valence-corrected chi connectivity index (χ4v) is 2.08. The Morgan fingerprint density at radius 2 is 2.12 bits per heavy atom. The molecule has 0 aromatic heterocycles. The average molecular weight is 299 g/mol. The van der Waals surface area contributed by atoms with Crippen LogP contribution in [-0.4, -0.2) is 11.4 Å². The Labute approximate surface area is 111 Å². The van der Waals surface area contributed by atoms with Crippen molar-refractivity contribution in [3.8, 4) is 0 Å². The molecule has 0 fully saturated rings. The summed E-state index contributed by atoms with van der Waals surface area (Å²) in [7, 11) is 0. The van der Waals surface area contributed by atoms with E-state index in [4.69, 9.17) is 5.73 Å². The summed E-state index contributed by atoms with van der Waals surface area (Å²) in [6.07, 6.45) is 1.59. The van der Waals surface area contributed by atoms with E-state index in [9.17, 15) is 4.79 Å². The minimum absolute atomic E-state index is 0.102. The molecule has 0 saturated heterocycles. The monoisotopic (exact) mass is 298 g/mol. The molecule has 0 heterocycles. The number of nitrogens with one attached hydrogen (secondary N) is 1. The van der Waals surface area contributed by atoms with E-state index in [0.717, 1.165) is 16.5 Å². The molecule has 94 valence electrons. The van der Waals surface area contributed by atoms with Crippen molar-refractivity contribution >= 4 is 21.8 Å². The fraction of sp³-hybridized carbons (Fsp3) is 0.462. The third-order valence-corrected chi connectivity index (χ3v) is 3.46. The zero-order chi connectivity index (χ0) is 12.9. The van der Waals surface area contributed by atoms with Crippen LogP contribution in [-0.2, 0) is 11.3 Å². The molecule has 1 aromatic carbocycles. The van der Waals surface area contributed by atoms with Crippen LogP contribution in [0.2, 0.25) is 0 Å². The number of rotatable bonds is 5. The van der Waals surface area contributed by atoms with Crippen molar-refractivity contribution in [2.45, 2.75) is 38.8 Å². The standard InChI is InChI=1S/C13H19BrN2O/c1-3-8-13(2,15)12(17)16-9-10-6-4-5-7-11(10)14/h4-7H,3,8-9,15H2,1-2H3,(H,16,17). The highest BCUT2D eigenvalue weighted by Crippen LogP contribution is 2.16. The maximum atomic E-state index is 11.9. The molecule has 0 radical (unpaired) electrons. The highest BCUT2D eigenvalue weighted by Gasteiger charge is 2.26. The zero-order valence-electron chi connectivity index (χ0n) is 10.3. The van der Waals surface area contributed by atoms with Gasteiger partial charge in [0.05, 0.1) is 5.54 Å². The molecule has 4 heteroatoms. The van der Waals surface area contributed by atoms with Crippen LogP contribution < -0.4 is 11.1 Å². The molecular weight excluding hydrogens is 280 g/mol.